The van der Waals surface area contributed by atoms with Gasteiger partial charge in [0.25, 0.3) is 0 Å². The number of hydrogen-bond acceptors (Lipinski definition) is 3. The van der Waals surface area contributed by atoms with Gasteiger partial charge < -0.3 is 15.8 Å². The van der Waals surface area contributed by atoms with Crippen LogP contribution in [0.2, 0.25) is 0 Å². The monoisotopic (exact) mass is 266 g/mol. The average molecular weight is 266 g/mol. The van der Waals surface area contributed by atoms with Crippen LogP contribution in [0.5, 0.6) is 0 Å². The summed E-state index contributed by atoms with van der Waals surface area (Å²) in [7, 11) is 0. The van der Waals surface area contributed by atoms with Crippen molar-refractivity contribution < 1.29 is 13.9 Å². The molecule has 1 aliphatic heterocycles. The maximum absolute atomic E-state index is 13.6. The van der Waals surface area contributed by atoms with Crippen molar-refractivity contribution in [1.82, 2.24) is 0 Å². The zero-order valence-corrected chi connectivity index (χ0v) is 10.8. The summed E-state index contributed by atoms with van der Waals surface area (Å²) in [6, 6.07) is 4.59. The van der Waals surface area contributed by atoms with Crippen LogP contribution in [0.3, 0.4) is 0 Å². The van der Waals surface area contributed by atoms with Gasteiger partial charge >= 0.3 is 0 Å². The molecule has 5 heteroatoms. The lowest BCUT2D eigenvalue weighted by Crippen LogP contribution is -2.16. The first-order valence-corrected chi connectivity index (χ1v) is 6.59. The van der Waals surface area contributed by atoms with E-state index in [1.807, 2.05) is 0 Å². The van der Waals surface area contributed by atoms with Crippen LogP contribution in [0.1, 0.15) is 31.2 Å². The van der Waals surface area contributed by atoms with Gasteiger partial charge in [-0.15, -0.1) is 0 Å². The molecule has 19 heavy (non-hydrogen) atoms. The van der Waals surface area contributed by atoms with Gasteiger partial charge in [0.05, 0.1) is 11.8 Å². The third kappa shape index (κ3) is 4.01. The molecule has 0 aliphatic carbocycles. The number of carbonyl (C=O) groups is 1. The minimum atomic E-state index is -0.451. The predicted molar refractivity (Wildman–Crippen MR) is 71.1 cm³/mol. The SMILES string of the molecule is NCc1ccc(NC(=O)CCC2CCCO2)c(F)c1. The van der Waals surface area contributed by atoms with Crippen molar-refractivity contribution in [2.75, 3.05) is 11.9 Å². The van der Waals surface area contributed by atoms with Crippen LogP contribution in [0.4, 0.5) is 10.1 Å². The van der Waals surface area contributed by atoms with E-state index in [-0.39, 0.29) is 24.2 Å². The molecule has 1 fully saturated rings. The van der Waals surface area contributed by atoms with Crippen molar-refractivity contribution in [3.05, 3.63) is 29.6 Å². The molecule has 0 bridgehead atoms. The van der Waals surface area contributed by atoms with Gasteiger partial charge in [0.1, 0.15) is 5.82 Å². The Labute approximate surface area is 112 Å². The van der Waals surface area contributed by atoms with Crippen LogP contribution in [0.15, 0.2) is 18.2 Å². The smallest absolute Gasteiger partial charge is 0.224 e. The molecule has 1 heterocycles. The van der Waals surface area contributed by atoms with Gasteiger partial charge in [-0.25, -0.2) is 4.39 Å². The van der Waals surface area contributed by atoms with Gasteiger partial charge in [0.2, 0.25) is 5.91 Å². The Hall–Kier alpha value is -1.46. The van der Waals surface area contributed by atoms with Crippen molar-refractivity contribution >= 4 is 11.6 Å². The van der Waals surface area contributed by atoms with Gasteiger partial charge in [0.15, 0.2) is 0 Å². The molecule has 4 nitrogen and oxygen atoms in total. The maximum Gasteiger partial charge on any atom is 0.224 e. The summed E-state index contributed by atoms with van der Waals surface area (Å²) < 4.78 is 19.1. The van der Waals surface area contributed by atoms with Crippen LogP contribution >= 0.6 is 0 Å². The first-order valence-electron chi connectivity index (χ1n) is 6.59. The van der Waals surface area contributed by atoms with Crippen LogP contribution in [0.25, 0.3) is 0 Å². The van der Waals surface area contributed by atoms with Gasteiger partial charge in [-0.1, -0.05) is 6.07 Å². The summed E-state index contributed by atoms with van der Waals surface area (Å²) in [6.45, 7) is 1.06. The van der Waals surface area contributed by atoms with Crippen LogP contribution in [-0.4, -0.2) is 18.6 Å². The van der Waals surface area contributed by atoms with E-state index in [4.69, 9.17) is 10.5 Å². The van der Waals surface area contributed by atoms with Gasteiger partial charge in [-0.3, -0.25) is 4.79 Å². The number of rotatable bonds is 5. The Kier molecular flexibility index (Phi) is 4.87. The normalized spacial score (nSPS) is 18.5. The molecule has 2 rings (SSSR count). The fourth-order valence-corrected chi connectivity index (χ4v) is 2.16. The minimum Gasteiger partial charge on any atom is -0.378 e. The number of hydrogen-bond donors (Lipinski definition) is 2. The van der Waals surface area contributed by atoms with Gasteiger partial charge in [-0.2, -0.15) is 0 Å². The zero-order valence-electron chi connectivity index (χ0n) is 10.8. The second-order valence-electron chi connectivity index (χ2n) is 4.74. The van der Waals surface area contributed by atoms with Gasteiger partial charge in [0, 0.05) is 19.6 Å². The second kappa shape index (κ2) is 6.63. The molecule has 0 radical (unpaired) electrons. The van der Waals surface area contributed by atoms with E-state index in [1.165, 1.54) is 6.07 Å². The van der Waals surface area contributed by atoms with Crippen molar-refractivity contribution in [2.45, 2.75) is 38.3 Å². The first kappa shape index (κ1) is 14.0. The number of halogens is 1. The summed E-state index contributed by atoms with van der Waals surface area (Å²) >= 11 is 0. The Morgan fingerprint density at radius 3 is 3.00 bits per heavy atom. The number of nitrogens with two attached hydrogens (primary N) is 1. The Bertz CT molecular complexity index is 445. The molecule has 0 spiro atoms. The molecular formula is C14H19FN2O2. The molecule has 1 atom stereocenters. The molecule has 1 aliphatic rings. The molecular weight excluding hydrogens is 247 g/mol. The summed E-state index contributed by atoms with van der Waals surface area (Å²) in [5, 5.41) is 2.58. The van der Waals surface area contributed by atoms with E-state index < -0.39 is 5.82 Å². The summed E-state index contributed by atoms with van der Waals surface area (Å²) in [6.07, 6.45) is 3.28. The Morgan fingerprint density at radius 2 is 2.37 bits per heavy atom. The van der Waals surface area contributed by atoms with Crippen molar-refractivity contribution in [3.8, 4) is 0 Å². The van der Waals surface area contributed by atoms with Crippen LogP contribution in [-0.2, 0) is 16.1 Å². The molecule has 3 N–H and O–H groups in total. The molecule has 1 unspecified atom stereocenters. The third-order valence-electron chi connectivity index (χ3n) is 3.26. The standard InChI is InChI=1S/C14H19FN2O2/c15-12-8-10(9-16)3-5-13(12)17-14(18)6-4-11-2-1-7-19-11/h3,5,8,11H,1-2,4,6-7,9,16H2,(H,17,18). The highest BCUT2D eigenvalue weighted by Crippen LogP contribution is 2.19. The number of amides is 1. The van der Waals surface area contributed by atoms with E-state index in [1.54, 1.807) is 12.1 Å². The predicted octanol–water partition coefficient (Wildman–Crippen LogP) is 2.18. The molecule has 1 aromatic carbocycles. The molecule has 1 saturated heterocycles. The highest BCUT2D eigenvalue weighted by Gasteiger charge is 2.17. The van der Waals surface area contributed by atoms with E-state index in [2.05, 4.69) is 5.32 Å². The van der Waals surface area contributed by atoms with Crippen LogP contribution < -0.4 is 11.1 Å². The number of anilines is 1. The zero-order chi connectivity index (χ0) is 13.7. The van der Waals surface area contributed by atoms with Gasteiger partial charge in [-0.05, 0) is 37.0 Å². The van der Waals surface area contributed by atoms with E-state index in [0.29, 0.717) is 18.4 Å². The second-order valence-corrected chi connectivity index (χ2v) is 4.74. The lowest BCUT2D eigenvalue weighted by atomic mass is 10.1. The number of benzene rings is 1. The summed E-state index contributed by atoms with van der Waals surface area (Å²) in [5.74, 6) is -0.636. The van der Waals surface area contributed by atoms with E-state index in [9.17, 15) is 9.18 Å². The average Bonchev–Trinajstić information content (AvgIpc) is 2.92. The Morgan fingerprint density at radius 1 is 1.53 bits per heavy atom. The van der Waals surface area contributed by atoms with Crippen molar-refractivity contribution in [2.24, 2.45) is 5.73 Å². The van der Waals surface area contributed by atoms with Crippen LogP contribution in [0, 0.1) is 5.82 Å². The minimum absolute atomic E-state index is 0.176. The van der Waals surface area contributed by atoms with Crippen molar-refractivity contribution in [1.29, 1.82) is 0 Å². The highest BCUT2D eigenvalue weighted by molar-refractivity contribution is 5.90. The fraction of sp³-hybridized carbons (Fsp3) is 0.500. The quantitative estimate of drug-likeness (QED) is 0.858. The first-order chi connectivity index (χ1) is 9.19. The summed E-state index contributed by atoms with van der Waals surface area (Å²) in [5.41, 5.74) is 6.33. The molecule has 0 saturated carbocycles. The lowest BCUT2D eigenvalue weighted by molar-refractivity contribution is -0.116. The van der Waals surface area contributed by atoms with E-state index >= 15 is 0 Å². The van der Waals surface area contributed by atoms with E-state index in [0.717, 1.165) is 19.4 Å². The maximum atomic E-state index is 13.6. The number of nitrogens with one attached hydrogen (secondary N) is 1. The topological polar surface area (TPSA) is 64.3 Å². The number of carbonyl (C=O) groups excluding carboxylic acids is 1. The number of ether oxygens (including phenoxy) is 1. The molecule has 104 valence electrons. The Balaban J connectivity index is 1.84. The lowest BCUT2D eigenvalue weighted by Gasteiger charge is -2.10. The molecule has 1 aromatic rings. The third-order valence-corrected chi connectivity index (χ3v) is 3.26. The summed E-state index contributed by atoms with van der Waals surface area (Å²) in [4.78, 5) is 11.7. The van der Waals surface area contributed by atoms with Crippen molar-refractivity contribution in [3.63, 3.8) is 0 Å². The largest absolute Gasteiger partial charge is 0.378 e. The molecule has 0 aromatic heterocycles. The fourth-order valence-electron chi connectivity index (χ4n) is 2.16. The molecule has 1 amide bonds. The highest BCUT2D eigenvalue weighted by atomic mass is 19.1.